The average Bonchev–Trinajstić information content (AvgIpc) is 2.73. The van der Waals surface area contributed by atoms with Gasteiger partial charge in [-0.05, 0) is 25.7 Å². The van der Waals surface area contributed by atoms with Crippen LogP contribution in [0.25, 0.3) is 0 Å². The zero-order chi connectivity index (χ0) is 11.4. The molecule has 0 radical (unpaired) electrons. The maximum absolute atomic E-state index is 11.6. The van der Waals surface area contributed by atoms with Crippen LogP contribution in [0.3, 0.4) is 0 Å². The molecule has 16 heavy (non-hydrogen) atoms. The van der Waals surface area contributed by atoms with E-state index < -0.39 is 0 Å². The van der Waals surface area contributed by atoms with Gasteiger partial charge < -0.3 is 15.6 Å². The van der Waals surface area contributed by atoms with Gasteiger partial charge in [0.25, 0.3) is 0 Å². The van der Waals surface area contributed by atoms with E-state index in [9.17, 15) is 4.79 Å². The van der Waals surface area contributed by atoms with Crippen LogP contribution in [0.2, 0.25) is 0 Å². The molecule has 0 bridgehead atoms. The Hall–Kier alpha value is -1.52. The number of aromatic nitrogens is 2. The summed E-state index contributed by atoms with van der Waals surface area (Å²) in [7, 11) is 0. The highest BCUT2D eigenvalue weighted by atomic mass is 16.2. The van der Waals surface area contributed by atoms with Crippen LogP contribution >= 0.6 is 0 Å². The lowest BCUT2D eigenvalue weighted by Crippen LogP contribution is -2.46. The van der Waals surface area contributed by atoms with Crippen LogP contribution < -0.4 is 10.6 Å². The maximum Gasteiger partial charge on any atom is 0.315 e. The molecular weight excluding hydrogens is 204 g/mol. The van der Waals surface area contributed by atoms with Crippen molar-refractivity contribution in [3.8, 4) is 0 Å². The van der Waals surface area contributed by atoms with E-state index in [1.54, 1.807) is 12.4 Å². The highest BCUT2D eigenvalue weighted by Crippen LogP contribution is 2.18. The second-order valence-corrected chi connectivity index (χ2v) is 4.18. The van der Waals surface area contributed by atoms with E-state index in [-0.39, 0.29) is 12.1 Å². The van der Waals surface area contributed by atoms with Gasteiger partial charge in [0, 0.05) is 18.4 Å². The molecule has 1 aromatic heterocycles. The number of carbonyl (C=O) groups is 1. The smallest absolute Gasteiger partial charge is 0.315 e. The van der Waals surface area contributed by atoms with Gasteiger partial charge in [-0.3, -0.25) is 0 Å². The van der Waals surface area contributed by atoms with Gasteiger partial charge in [0.2, 0.25) is 0 Å². The highest BCUT2D eigenvalue weighted by Gasteiger charge is 2.21. The summed E-state index contributed by atoms with van der Waals surface area (Å²) in [6.45, 7) is 2.02. The summed E-state index contributed by atoms with van der Waals surface area (Å²) in [6.07, 6.45) is 7.72. The van der Waals surface area contributed by atoms with E-state index in [1.807, 2.05) is 6.92 Å². The molecule has 1 aliphatic rings. The van der Waals surface area contributed by atoms with Crippen molar-refractivity contribution in [1.29, 1.82) is 0 Å². The van der Waals surface area contributed by atoms with Gasteiger partial charge in [-0.25, -0.2) is 9.78 Å². The van der Waals surface area contributed by atoms with E-state index in [4.69, 9.17) is 0 Å². The Labute approximate surface area is 95.0 Å². The lowest BCUT2D eigenvalue weighted by Gasteiger charge is -2.27. The number of hydrogen-bond donors (Lipinski definition) is 3. The molecule has 1 atom stereocenters. The van der Waals surface area contributed by atoms with Gasteiger partial charge in [0.1, 0.15) is 5.82 Å². The molecule has 1 aliphatic carbocycles. The normalized spacial score (nSPS) is 17.6. The molecule has 2 amide bonds. The molecule has 0 saturated heterocycles. The zero-order valence-electron chi connectivity index (χ0n) is 9.49. The molecular formula is C11H18N4O. The number of urea groups is 1. The first-order valence-electron chi connectivity index (χ1n) is 5.86. The summed E-state index contributed by atoms with van der Waals surface area (Å²) < 4.78 is 0. The molecule has 0 aromatic carbocycles. The van der Waals surface area contributed by atoms with E-state index >= 15 is 0 Å². The van der Waals surface area contributed by atoms with Gasteiger partial charge in [0.15, 0.2) is 0 Å². The van der Waals surface area contributed by atoms with Crippen molar-refractivity contribution in [2.75, 3.05) is 0 Å². The third-order valence-electron chi connectivity index (χ3n) is 3.00. The van der Waals surface area contributed by atoms with Crippen molar-refractivity contribution < 1.29 is 4.79 Å². The number of carbonyl (C=O) groups excluding carboxylic acids is 1. The largest absolute Gasteiger partial charge is 0.347 e. The fourth-order valence-electron chi connectivity index (χ4n) is 1.77. The summed E-state index contributed by atoms with van der Waals surface area (Å²) in [5.41, 5.74) is 0. The third-order valence-corrected chi connectivity index (χ3v) is 3.00. The Morgan fingerprint density at radius 1 is 1.69 bits per heavy atom. The minimum Gasteiger partial charge on any atom is -0.347 e. The SMILES string of the molecule is CCC(NC(=O)NC1CCC1)c1ncc[nH]1. The molecule has 0 aliphatic heterocycles. The van der Waals surface area contributed by atoms with Crippen LogP contribution in [-0.2, 0) is 0 Å². The zero-order valence-corrected chi connectivity index (χ0v) is 9.49. The lowest BCUT2D eigenvalue weighted by atomic mass is 9.93. The van der Waals surface area contributed by atoms with Crippen LogP contribution in [0, 0.1) is 0 Å². The molecule has 3 N–H and O–H groups in total. The van der Waals surface area contributed by atoms with Crippen molar-refractivity contribution in [2.45, 2.75) is 44.7 Å². The topological polar surface area (TPSA) is 69.8 Å². The van der Waals surface area contributed by atoms with Crippen molar-refractivity contribution >= 4 is 6.03 Å². The van der Waals surface area contributed by atoms with Crippen LogP contribution in [0.4, 0.5) is 4.79 Å². The van der Waals surface area contributed by atoms with E-state index in [1.165, 1.54) is 6.42 Å². The Morgan fingerprint density at radius 3 is 3.00 bits per heavy atom. The number of amides is 2. The predicted molar refractivity (Wildman–Crippen MR) is 60.9 cm³/mol. The number of rotatable bonds is 4. The molecule has 1 fully saturated rings. The number of imidazole rings is 1. The highest BCUT2D eigenvalue weighted by molar-refractivity contribution is 5.74. The Morgan fingerprint density at radius 2 is 2.50 bits per heavy atom. The molecule has 5 nitrogen and oxygen atoms in total. The predicted octanol–water partition coefficient (Wildman–Crippen LogP) is 1.71. The standard InChI is InChI=1S/C11H18N4O/c1-2-9(10-12-6-7-13-10)15-11(16)14-8-4-3-5-8/h6-9H,2-5H2,1H3,(H,12,13)(H2,14,15,16). The van der Waals surface area contributed by atoms with Gasteiger partial charge >= 0.3 is 6.03 Å². The van der Waals surface area contributed by atoms with Gasteiger partial charge in [0.05, 0.1) is 6.04 Å². The monoisotopic (exact) mass is 222 g/mol. The van der Waals surface area contributed by atoms with Crippen LogP contribution in [0.1, 0.15) is 44.5 Å². The molecule has 1 aromatic rings. The molecule has 0 spiro atoms. The second kappa shape index (κ2) is 5.01. The Kier molecular flexibility index (Phi) is 3.44. The number of hydrogen-bond acceptors (Lipinski definition) is 2. The van der Waals surface area contributed by atoms with Crippen LogP contribution in [-0.4, -0.2) is 22.0 Å². The molecule has 1 unspecified atom stereocenters. The van der Waals surface area contributed by atoms with Gasteiger partial charge in [-0.15, -0.1) is 0 Å². The molecule has 5 heteroatoms. The first-order chi connectivity index (χ1) is 7.79. The van der Waals surface area contributed by atoms with E-state index in [2.05, 4.69) is 20.6 Å². The first kappa shape index (κ1) is 11.0. The van der Waals surface area contributed by atoms with E-state index in [0.29, 0.717) is 6.04 Å². The lowest BCUT2D eigenvalue weighted by molar-refractivity contribution is 0.224. The van der Waals surface area contributed by atoms with Gasteiger partial charge in [-0.2, -0.15) is 0 Å². The minimum absolute atomic E-state index is 0.0323. The number of aromatic amines is 1. The summed E-state index contributed by atoms with van der Waals surface area (Å²) in [6, 6.07) is 0.247. The second-order valence-electron chi connectivity index (χ2n) is 4.18. The summed E-state index contributed by atoms with van der Waals surface area (Å²) in [5, 5.41) is 5.88. The fraction of sp³-hybridized carbons (Fsp3) is 0.636. The fourth-order valence-corrected chi connectivity index (χ4v) is 1.77. The molecule has 2 rings (SSSR count). The molecule has 1 saturated carbocycles. The van der Waals surface area contributed by atoms with Crippen LogP contribution in [0.15, 0.2) is 12.4 Å². The quantitative estimate of drug-likeness (QED) is 0.726. The summed E-state index contributed by atoms with van der Waals surface area (Å²) in [5.74, 6) is 0.811. The maximum atomic E-state index is 11.6. The Bertz CT molecular complexity index is 332. The number of nitrogens with zero attached hydrogens (tertiary/aromatic N) is 1. The van der Waals surface area contributed by atoms with E-state index in [0.717, 1.165) is 25.1 Å². The number of nitrogens with one attached hydrogen (secondary N) is 3. The van der Waals surface area contributed by atoms with Crippen molar-refractivity contribution in [2.24, 2.45) is 0 Å². The van der Waals surface area contributed by atoms with Crippen LogP contribution in [0.5, 0.6) is 0 Å². The molecule has 1 heterocycles. The Balaban J connectivity index is 1.83. The molecule has 88 valence electrons. The summed E-state index contributed by atoms with van der Waals surface area (Å²) in [4.78, 5) is 18.8. The van der Waals surface area contributed by atoms with Gasteiger partial charge in [-0.1, -0.05) is 6.92 Å². The number of H-pyrrole nitrogens is 1. The van der Waals surface area contributed by atoms with Crippen molar-refractivity contribution in [3.05, 3.63) is 18.2 Å². The third kappa shape index (κ3) is 2.53. The minimum atomic E-state index is -0.0899. The van der Waals surface area contributed by atoms with Crippen molar-refractivity contribution in [1.82, 2.24) is 20.6 Å². The van der Waals surface area contributed by atoms with Crippen molar-refractivity contribution in [3.63, 3.8) is 0 Å². The average molecular weight is 222 g/mol. The first-order valence-corrected chi connectivity index (χ1v) is 5.86. The summed E-state index contributed by atoms with van der Waals surface area (Å²) >= 11 is 0.